The quantitative estimate of drug-likeness (QED) is 0.139. The molecule has 0 radical (unpaired) electrons. The molecule has 0 bridgehead atoms. The largest absolute Gasteiger partial charge is 0.447 e. The SMILES string of the molecule is CC(C)(C)C[C@]1(c2ccc(-c3cnn(C(F)F)c3)cc2)NC(=N)N([C@H](COC(=O)N[C@H]2CC23CC3)c2ccc(Cl)c(-n3ncnc3C(F)F)c2)C1=O. The number of halogens is 5. The summed E-state index contributed by atoms with van der Waals surface area (Å²) in [6.07, 6.45) is 3.04. The number of carbonyl (C=O) groups is 2. The number of nitrogens with one attached hydrogen (secondary N) is 3. The molecule has 12 nitrogen and oxygen atoms in total. The summed E-state index contributed by atoms with van der Waals surface area (Å²) in [4.78, 5) is 32.8. The minimum absolute atomic E-state index is 0.0150. The predicted molar refractivity (Wildman–Crippen MR) is 181 cm³/mol. The van der Waals surface area contributed by atoms with Crippen molar-refractivity contribution in [3.05, 3.63) is 83.2 Å². The number of nitrogens with zero attached hydrogens (tertiary/aromatic N) is 6. The molecule has 17 heteroatoms. The fraction of sp³-hybridized carbons (Fsp3) is 0.429. The molecule has 274 valence electrons. The van der Waals surface area contributed by atoms with Gasteiger partial charge in [-0.25, -0.2) is 27.9 Å². The summed E-state index contributed by atoms with van der Waals surface area (Å²) >= 11 is 6.48. The van der Waals surface area contributed by atoms with E-state index in [-0.39, 0.29) is 41.2 Å². The Morgan fingerprint density at radius 3 is 2.46 bits per heavy atom. The van der Waals surface area contributed by atoms with Gasteiger partial charge in [-0.1, -0.05) is 62.7 Å². The summed E-state index contributed by atoms with van der Waals surface area (Å²) in [5, 5.41) is 22.9. The first kappa shape index (κ1) is 35.4. The number of hydrogen-bond acceptors (Lipinski definition) is 7. The molecule has 1 aliphatic heterocycles. The van der Waals surface area contributed by atoms with E-state index in [2.05, 4.69) is 25.8 Å². The van der Waals surface area contributed by atoms with Gasteiger partial charge in [-0.15, -0.1) is 0 Å². The third kappa shape index (κ3) is 6.59. The van der Waals surface area contributed by atoms with Crippen LogP contribution in [0.15, 0.2) is 61.2 Å². The van der Waals surface area contributed by atoms with Crippen LogP contribution in [0.5, 0.6) is 0 Å². The Kier molecular flexibility index (Phi) is 8.78. The van der Waals surface area contributed by atoms with E-state index in [1.54, 1.807) is 30.3 Å². The molecular formula is C35H36ClF4N9O3. The van der Waals surface area contributed by atoms with Gasteiger partial charge in [-0.05, 0) is 65.3 Å². The molecule has 3 fully saturated rings. The number of alkyl carbamates (subject to hydrolysis) is 1. The summed E-state index contributed by atoms with van der Waals surface area (Å²) in [5.41, 5.74) is 0.142. The van der Waals surface area contributed by atoms with E-state index in [0.717, 1.165) is 30.3 Å². The molecule has 3 heterocycles. The van der Waals surface area contributed by atoms with Crippen LogP contribution in [0.25, 0.3) is 16.8 Å². The lowest BCUT2D eigenvalue weighted by molar-refractivity contribution is -0.134. The molecule has 3 N–H and O–H groups in total. The van der Waals surface area contributed by atoms with Gasteiger partial charge < -0.3 is 15.4 Å². The number of benzene rings is 2. The number of carbonyl (C=O) groups excluding carboxylic acids is 2. The van der Waals surface area contributed by atoms with Crippen molar-refractivity contribution in [3.8, 4) is 16.8 Å². The van der Waals surface area contributed by atoms with Crippen LogP contribution in [0.3, 0.4) is 0 Å². The Hall–Kier alpha value is -4.99. The average Bonchev–Trinajstić information content (AvgIpc) is 3.75. The van der Waals surface area contributed by atoms with Crippen LogP contribution in [-0.4, -0.2) is 60.1 Å². The average molecular weight is 742 g/mol. The van der Waals surface area contributed by atoms with Crippen molar-refractivity contribution in [2.45, 2.75) is 77.1 Å². The molecule has 52 heavy (non-hydrogen) atoms. The third-order valence-electron chi connectivity index (χ3n) is 9.88. The summed E-state index contributed by atoms with van der Waals surface area (Å²) in [6, 6.07) is 10.1. The molecule has 3 aliphatic rings. The highest BCUT2D eigenvalue weighted by Crippen LogP contribution is 2.65. The summed E-state index contributed by atoms with van der Waals surface area (Å²) in [6.45, 7) is 2.65. The van der Waals surface area contributed by atoms with Gasteiger partial charge in [0.25, 0.3) is 12.3 Å². The molecule has 2 saturated carbocycles. The van der Waals surface area contributed by atoms with Crippen LogP contribution in [0.2, 0.25) is 5.02 Å². The van der Waals surface area contributed by atoms with Gasteiger partial charge >= 0.3 is 12.6 Å². The maximum absolute atomic E-state index is 14.9. The zero-order chi connectivity index (χ0) is 37.2. The number of alkyl halides is 4. The maximum Gasteiger partial charge on any atom is 0.407 e. The highest BCUT2D eigenvalue weighted by molar-refractivity contribution is 6.32. The Morgan fingerprint density at radius 1 is 1.12 bits per heavy atom. The maximum atomic E-state index is 14.9. The van der Waals surface area contributed by atoms with E-state index in [9.17, 15) is 27.2 Å². The van der Waals surface area contributed by atoms with Crippen molar-refractivity contribution in [1.29, 1.82) is 5.41 Å². The van der Waals surface area contributed by atoms with Gasteiger partial charge in [0.2, 0.25) is 0 Å². The Bertz CT molecular complexity index is 2030. The van der Waals surface area contributed by atoms with Crippen molar-refractivity contribution in [3.63, 3.8) is 0 Å². The Labute approximate surface area is 301 Å². The van der Waals surface area contributed by atoms with Crippen molar-refractivity contribution < 1.29 is 31.9 Å². The van der Waals surface area contributed by atoms with E-state index >= 15 is 0 Å². The van der Waals surface area contributed by atoms with E-state index in [0.29, 0.717) is 26.9 Å². The lowest BCUT2D eigenvalue weighted by atomic mass is 9.75. The molecule has 3 atom stereocenters. The van der Waals surface area contributed by atoms with Gasteiger partial charge in [0.15, 0.2) is 11.8 Å². The number of ether oxygens (including phenoxy) is 1. The molecule has 1 spiro atoms. The van der Waals surface area contributed by atoms with Crippen LogP contribution >= 0.6 is 11.6 Å². The smallest absolute Gasteiger partial charge is 0.407 e. The van der Waals surface area contributed by atoms with Crippen LogP contribution in [-0.2, 0) is 15.1 Å². The van der Waals surface area contributed by atoms with Crippen molar-refractivity contribution >= 4 is 29.6 Å². The summed E-state index contributed by atoms with van der Waals surface area (Å²) in [7, 11) is 0. The first-order valence-electron chi connectivity index (χ1n) is 16.7. The van der Waals surface area contributed by atoms with Gasteiger partial charge in [0.05, 0.1) is 22.9 Å². The van der Waals surface area contributed by atoms with Crippen LogP contribution < -0.4 is 10.6 Å². The molecule has 2 aliphatic carbocycles. The lowest BCUT2D eigenvalue weighted by Crippen LogP contribution is -2.47. The molecule has 2 aromatic carbocycles. The van der Waals surface area contributed by atoms with Crippen molar-refractivity contribution in [2.75, 3.05) is 6.61 Å². The highest BCUT2D eigenvalue weighted by Gasteiger charge is 2.63. The number of guanidine groups is 1. The number of amides is 2. The monoisotopic (exact) mass is 741 g/mol. The number of aromatic nitrogens is 5. The molecule has 4 aromatic rings. The van der Waals surface area contributed by atoms with Crippen molar-refractivity contribution in [1.82, 2.24) is 40.1 Å². The fourth-order valence-corrected chi connectivity index (χ4v) is 7.28. The fourth-order valence-electron chi connectivity index (χ4n) is 7.08. The molecule has 7 rings (SSSR count). The predicted octanol–water partition coefficient (Wildman–Crippen LogP) is 7.13. The number of hydrogen-bond donors (Lipinski definition) is 3. The summed E-state index contributed by atoms with van der Waals surface area (Å²) < 4.78 is 61.2. The number of rotatable bonds is 11. The van der Waals surface area contributed by atoms with Crippen molar-refractivity contribution in [2.24, 2.45) is 10.8 Å². The Balaban J connectivity index is 1.25. The van der Waals surface area contributed by atoms with Gasteiger partial charge in [0.1, 0.15) is 18.5 Å². The summed E-state index contributed by atoms with van der Waals surface area (Å²) in [5.74, 6) is -1.45. The van der Waals surface area contributed by atoms with E-state index in [1.165, 1.54) is 29.4 Å². The van der Waals surface area contributed by atoms with Crippen LogP contribution in [0, 0.1) is 16.2 Å². The standard InChI is InChI=1S/C35H36ClF4N9O3/c1-33(2,3)17-35(22-7-4-19(5-8-22)21-14-43-47(15-21)30(39)40)29(50)48(31(41)46-35)25(16-52-32(51)45-26-13-34(26)10-11-34)20-6-9-23(36)24(12-20)49-28(27(37)38)42-18-44-49/h4-9,12,14-15,18,25-27,30H,10-11,13,16-17H2,1-3H3,(H2,41,46)(H,45,51)/t25-,26+,35-/m1/s1. The second-order valence-electron chi connectivity index (χ2n) is 14.8. The van der Waals surface area contributed by atoms with Crippen LogP contribution in [0.1, 0.15) is 82.4 Å². The highest BCUT2D eigenvalue weighted by atomic mass is 35.5. The normalized spacial score (nSPS) is 21.2. The first-order valence-corrected chi connectivity index (χ1v) is 17.0. The second-order valence-corrected chi connectivity index (χ2v) is 15.2. The van der Waals surface area contributed by atoms with E-state index in [1.807, 2.05) is 20.8 Å². The zero-order valence-electron chi connectivity index (χ0n) is 28.4. The molecular weight excluding hydrogens is 706 g/mol. The van der Waals surface area contributed by atoms with Gasteiger partial charge in [-0.3, -0.25) is 15.1 Å². The second kappa shape index (κ2) is 12.9. The lowest BCUT2D eigenvalue weighted by Gasteiger charge is -2.35. The zero-order valence-corrected chi connectivity index (χ0v) is 29.2. The Morgan fingerprint density at radius 2 is 1.85 bits per heavy atom. The third-order valence-corrected chi connectivity index (χ3v) is 10.2. The molecule has 0 unspecified atom stereocenters. The molecule has 2 amide bonds. The van der Waals surface area contributed by atoms with Gasteiger partial charge in [0, 0.05) is 17.8 Å². The van der Waals surface area contributed by atoms with E-state index < -0.39 is 47.8 Å². The molecule has 2 aromatic heterocycles. The minimum atomic E-state index is -2.97. The topological polar surface area (TPSA) is 143 Å². The first-order chi connectivity index (χ1) is 24.6. The van der Waals surface area contributed by atoms with Crippen LogP contribution in [0.4, 0.5) is 22.4 Å². The minimum Gasteiger partial charge on any atom is -0.447 e. The van der Waals surface area contributed by atoms with Gasteiger partial charge in [-0.2, -0.15) is 19.0 Å². The van der Waals surface area contributed by atoms with E-state index in [4.69, 9.17) is 21.7 Å². The molecule has 1 saturated heterocycles.